The summed E-state index contributed by atoms with van der Waals surface area (Å²) in [5.41, 5.74) is 0. The smallest absolute Gasteiger partial charge is 0.231 e. The van der Waals surface area contributed by atoms with Gasteiger partial charge in [0, 0.05) is 30.2 Å². The van der Waals surface area contributed by atoms with Crippen LogP contribution in [0.25, 0.3) is 0 Å². The molecular weight excluding hydrogens is 350 g/mol. The van der Waals surface area contributed by atoms with Crippen LogP contribution in [-0.2, 0) is 11.3 Å². The molecule has 1 N–H and O–H groups in total. The third-order valence-corrected chi connectivity index (χ3v) is 6.36. The van der Waals surface area contributed by atoms with Gasteiger partial charge in [-0.2, -0.15) is 0 Å². The van der Waals surface area contributed by atoms with Crippen molar-refractivity contribution in [2.45, 2.75) is 73.9 Å². The van der Waals surface area contributed by atoms with Crippen molar-refractivity contribution in [3.8, 4) is 0 Å². The average Bonchev–Trinajstić information content (AvgIpc) is 3.03. The molecule has 9 heteroatoms. The second kappa shape index (κ2) is 8.11. The molecule has 0 radical (unpaired) electrons. The van der Waals surface area contributed by atoms with Gasteiger partial charge in [-0.05, 0) is 55.0 Å². The number of aryl methyl sites for hydroxylation is 1. The van der Waals surface area contributed by atoms with Crippen molar-refractivity contribution >= 4 is 17.7 Å². The molecule has 1 saturated carbocycles. The zero-order chi connectivity index (χ0) is 17.8. The number of aromatic nitrogens is 6. The molecule has 0 aromatic carbocycles. The van der Waals surface area contributed by atoms with Crippen LogP contribution in [-0.4, -0.2) is 47.4 Å². The fourth-order valence-corrected chi connectivity index (χ4v) is 4.78. The second-order valence-electron chi connectivity index (χ2n) is 6.94. The molecule has 0 bridgehead atoms. The molecule has 1 fully saturated rings. The first-order valence-corrected chi connectivity index (χ1v) is 10.2. The molecule has 2 aromatic rings. The van der Waals surface area contributed by atoms with Gasteiger partial charge in [0.05, 0.1) is 5.92 Å². The first kappa shape index (κ1) is 17.4. The highest BCUT2D eigenvalue weighted by Crippen LogP contribution is 2.32. The standard InChI is InChI=1S/C17H23N7OS/c25-16(14-4-1-2-11-24-15(14)21-22-23-24)20-12-5-7-13(8-6-12)26-17-18-9-3-10-19-17/h3,9-10,12-14H,1-2,4-8,11H2,(H,20,25). The Bertz CT molecular complexity index is 730. The number of thioether (sulfide) groups is 1. The van der Waals surface area contributed by atoms with E-state index >= 15 is 0 Å². The summed E-state index contributed by atoms with van der Waals surface area (Å²) in [5.74, 6) is 0.563. The molecule has 1 unspecified atom stereocenters. The summed E-state index contributed by atoms with van der Waals surface area (Å²) in [5, 5.41) is 16.5. The van der Waals surface area contributed by atoms with E-state index in [1.54, 1.807) is 28.8 Å². The highest BCUT2D eigenvalue weighted by molar-refractivity contribution is 7.99. The maximum atomic E-state index is 12.8. The van der Waals surface area contributed by atoms with E-state index < -0.39 is 0 Å². The van der Waals surface area contributed by atoms with Crippen LogP contribution in [0, 0.1) is 0 Å². The fraction of sp³-hybridized carbons (Fsp3) is 0.647. The zero-order valence-corrected chi connectivity index (χ0v) is 15.4. The van der Waals surface area contributed by atoms with Crippen molar-refractivity contribution in [2.24, 2.45) is 0 Å². The first-order chi connectivity index (χ1) is 12.8. The van der Waals surface area contributed by atoms with Crippen LogP contribution < -0.4 is 5.32 Å². The lowest BCUT2D eigenvalue weighted by atomic mass is 9.93. The molecule has 2 aliphatic rings. The zero-order valence-electron chi connectivity index (χ0n) is 14.6. The number of carbonyl (C=O) groups excluding carboxylic acids is 1. The van der Waals surface area contributed by atoms with E-state index in [-0.39, 0.29) is 17.9 Å². The van der Waals surface area contributed by atoms with Gasteiger partial charge in [0.2, 0.25) is 5.91 Å². The molecule has 0 saturated heterocycles. The molecule has 1 atom stereocenters. The fourth-order valence-electron chi connectivity index (χ4n) is 3.73. The largest absolute Gasteiger partial charge is 0.353 e. The van der Waals surface area contributed by atoms with Crippen LogP contribution >= 0.6 is 11.8 Å². The van der Waals surface area contributed by atoms with Gasteiger partial charge in [0.15, 0.2) is 11.0 Å². The van der Waals surface area contributed by atoms with E-state index in [2.05, 4.69) is 30.8 Å². The maximum absolute atomic E-state index is 12.8. The van der Waals surface area contributed by atoms with Gasteiger partial charge in [0.25, 0.3) is 0 Å². The number of rotatable bonds is 4. The molecular formula is C17H23N7OS. The Morgan fingerprint density at radius 1 is 1.12 bits per heavy atom. The monoisotopic (exact) mass is 373 g/mol. The van der Waals surface area contributed by atoms with E-state index in [0.29, 0.717) is 11.1 Å². The Kier molecular flexibility index (Phi) is 5.42. The SMILES string of the molecule is O=C(NC1CCC(Sc2ncccn2)CC1)C1CCCCn2nnnc21. The molecule has 2 aromatic heterocycles. The molecule has 3 heterocycles. The van der Waals surface area contributed by atoms with Crippen molar-refractivity contribution in [2.75, 3.05) is 0 Å². The second-order valence-corrected chi connectivity index (χ2v) is 8.21. The highest BCUT2D eigenvalue weighted by Gasteiger charge is 2.31. The topological polar surface area (TPSA) is 98.5 Å². The highest BCUT2D eigenvalue weighted by atomic mass is 32.2. The third-order valence-electron chi connectivity index (χ3n) is 5.14. The number of amides is 1. The molecule has 8 nitrogen and oxygen atoms in total. The van der Waals surface area contributed by atoms with Gasteiger partial charge in [0.1, 0.15) is 0 Å². The van der Waals surface area contributed by atoms with E-state index in [4.69, 9.17) is 0 Å². The third kappa shape index (κ3) is 4.03. The van der Waals surface area contributed by atoms with Crippen LogP contribution in [0.2, 0.25) is 0 Å². The average molecular weight is 373 g/mol. The van der Waals surface area contributed by atoms with E-state index in [1.807, 2.05) is 6.07 Å². The summed E-state index contributed by atoms with van der Waals surface area (Å²) >= 11 is 1.74. The lowest BCUT2D eigenvalue weighted by Gasteiger charge is -2.29. The molecule has 138 valence electrons. The molecule has 26 heavy (non-hydrogen) atoms. The van der Waals surface area contributed by atoms with Crippen LogP contribution in [0.15, 0.2) is 23.6 Å². The van der Waals surface area contributed by atoms with Crippen molar-refractivity contribution < 1.29 is 4.79 Å². The van der Waals surface area contributed by atoms with Gasteiger partial charge in [-0.25, -0.2) is 14.6 Å². The predicted octanol–water partition coefficient (Wildman–Crippen LogP) is 1.95. The van der Waals surface area contributed by atoms with Gasteiger partial charge in [-0.15, -0.1) is 5.10 Å². The number of hydrogen-bond acceptors (Lipinski definition) is 7. The van der Waals surface area contributed by atoms with E-state index in [0.717, 1.165) is 56.6 Å². The Labute approximate surface area is 156 Å². The number of hydrogen-bond donors (Lipinski definition) is 1. The first-order valence-electron chi connectivity index (χ1n) is 9.29. The van der Waals surface area contributed by atoms with Gasteiger partial charge in [-0.1, -0.05) is 18.2 Å². The van der Waals surface area contributed by atoms with Crippen molar-refractivity contribution in [3.05, 3.63) is 24.3 Å². The van der Waals surface area contributed by atoms with Crippen LogP contribution in [0.3, 0.4) is 0 Å². The van der Waals surface area contributed by atoms with E-state index in [1.165, 1.54) is 0 Å². The van der Waals surface area contributed by atoms with Crippen LogP contribution in [0.5, 0.6) is 0 Å². The number of carbonyl (C=O) groups is 1. The predicted molar refractivity (Wildman–Crippen MR) is 96.5 cm³/mol. The van der Waals surface area contributed by atoms with Gasteiger partial charge in [-0.3, -0.25) is 4.79 Å². The van der Waals surface area contributed by atoms with Crippen LogP contribution in [0.1, 0.15) is 56.7 Å². The summed E-state index contributed by atoms with van der Waals surface area (Å²) in [7, 11) is 0. The minimum absolute atomic E-state index is 0.0745. The normalized spacial score (nSPS) is 25.9. The minimum atomic E-state index is -0.225. The molecule has 1 aliphatic heterocycles. The van der Waals surface area contributed by atoms with Crippen molar-refractivity contribution in [1.29, 1.82) is 0 Å². The lowest BCUT2D eigenvalue weighted by Crippen LogP contribution is -2.41. The Balaban J connectivity index is 1.30. The summed E-state index contributed by atoms with van der Waals surface area (Å²) < 4.78 is 1.78. The molecule has 1 aliphatic carbocycles. The minimum Gasteiger partial charge on any atom is -0.353 e. The summed E-state index contributed by atoms with van der Waals surface area (Å²) in [6.07, 6.45) is 10.5. The van der Waals surface area contributed by atoms with Crippen molar-refractivity contribution in [3.63, 3.8) is 0 Å². The number of tetrazole rings is 1. The lowest BCUT2D eigenvalue weighted by molar-refractivity contribution is -0.123. The Morgan fingerprint density at radius 3 is 2.73 bits per heavy atom. The molecule has 4 rings (SSSR count). The molecule has 0 spiro atoms. The maximum Gasteiger partial charge on any atom is 0.231 e. The summed E-state index contributed by atoms with van der Waals surface area (Å²) in [6.45, 7) is 0.802. The Hall–Kier alpha value is -2.03. The number of nitrogens with one attached hydrogen (secondary N) is 1. The quantitative estimate of drug-likeness (QED) is 0.818. The van der Waals surface area contributed by atoms with Gasteiger partial charge >= 0.3 is 0 Å². The molecule has 1 amide bonds. The van der Waals surface area contributed by atoms with Crippen molar-refractivity contribution in [1.82, 2.24) is 35.5 Å². The summed E-state index contributed by atoms with van der Waals surface area (Å²) in [6, 6.07) is 2.07. The van der Waals surface area contributed by atoms with Crippen LogP contribution in [0.4, 0.5) is 0 Å². The van der Waals surface area contributed by atoms with Gasteiger partial charge < -0.3 is 5.32 Å². The van der Waals surface area contributed by atoms with E-state index in [9.17, 15) is 4.79 Å². The Morgan fingerprint density at radius 2 is 1.92 bits per heavy atom. The number of nitrogens with zero attached hydrogens (tertiary/aromatic N) is 6. The number of fused-ring (bicyclic) bond motifs is 1. The summed E-state index contributed by atoms with van der Waals surface area (Å²) in [4.78, 5) is 21.4.